The molecule has 0 aliphatic heterocycles. The van der Waals surface area contributed by atoms with E-state index in [9.17, 15) is 13.2 Å². The minimum atomic E-state index is -4.15. The molecule has 0 aliphatic rings. The number of rotatable bonds is 9. The fourth-order valence-corrected chi connectivity index (χ4v) is 2.12. The smallest absolute Gasteiger partial charge is 0.401 e. The monoisotopic (exact) mass is 304 g/mol. The molecule has 0 radical (unpaired) electrons. The molecule has 0 saturated heterocycles. The molecule has 0 bridgehead atoms. The summed E-state index contributed by atoms with van der Waals surface area (Å²) in [4.78, 5) is 1.41. The van der Waals surface area contributed by atoms with Crippen molar-refractivity contribution in [3.8, 4) is 5.75 Å². The number of para-hydroxylation sites is 1. The zero-order valence-corrected chi connectivity index (χ0v) is 12.3. The van der Waals surface area contributed by atoms with Crippen molar-refractivity contribution >= 4 is 0 Å². The van der Waals surface area contributed by atoms with Crippen molar-refractivity contribution < 1.29 is 17.9 Å². The first-order valence-electron chi connectivity index (χ1n) is 7.16. The Labute approximate surface area is 123 Å². The topological polar surface area (TPSA) is 38.5 Å². The van der Waals surface area contributed by atoms with Gasteiger partial charge in [0, 0.05) is 18.7 Å². The largest absolute Gasteiger partial charge is 0.493 e. The van der Waals surface area contributed by atoms with E-state index in [2.05, 4.69) is 0 Å². The van der Waals surface area contributed by atoms with E-state index in [-0.39, 0.29) is 0 Å². The van der Waals surface area contributed by atoms with Crippen molar-refractivity contribution in [3.63, 3.8) is 0 Å². The van der Waals surface area contributed by atoms with E-state index in [0.29, 0.717) is 44.8 Å². The van der Waals surface area contributed by atoms with Crippen LogP contribution in [-0.2, 0) is 6.54 Å². The molecule has 0 spiro atoms. The lowest BCUT2D eigenvalue weighted by Gasteiger charge is -2.23. The van der Waals surface area contributed by atoms with Gasteiger partial charge in [-0.1, -0.05) is 25.1 Å². The second-order valence-corrected chi connectivity index (χ2v) is 4.91. The molecule has 6 heteroatoms. The molecule has 0 atom stereocenters. The Kier molecular flexibility index (Phi) is 7.53. The van der Waals surface area contributed by atoms with Gasteiger partial charge < -0.3 is 10.5 Å². The molecular weight excluding hydrogens is 281 g/mol. The third-order valence-electron chi connectivity index (χ3n) is 3.01. The predicted octanol–water partition coefficient (Wildman–Crippen LogP) is 3.19. The average Bonchev–Trinajstić information content (AvgIpc) is 2.42. The summed E-state index contributed by atoms with van der Waals surface area (Å²) >= 11 is 0. The molecular formula is C15H23F3N2O. The summed E-state index contributed by atoms with van der Waals surface area (Å²) < 4.78 is 42.8. The molecule has 1 aromatic rings. The average molecular weight is 304 g/mol. The molecule has 1 aromatic carbocycles. The van der Waals surface area contributed by atoms with Crippen LogP contribution in [-0.4, -0.2) is 37.3 Å². The van der Waals surface area contributed by atoms with Gasteiger partial charge in [0.25, 0.3) is 0 Å². The maximum atomic E-state index is 12.4. The first kappa shape index (κ1) is 17.8. The molecule has 3 nitrogen and oxygen atoms in total. The lowest BCUT2D eigenvalue weighted by molar-refractivity contribution is -0.146. The van der Waals surface area contributed by atoms with Crippen LogP contribution in [0, 0.1) is 0 Å². The maximum absolute atomic E-state index is 12.4. The number of benzene rings is 1. The van der Waals surface area contributed by atoms with E-state index in [1.807, 2.05) is 31.2 Å². The van der Waals surface area contributed by atoms with Gasteiger partial charge in [0.2, 0.25) is 0 Å². The molecule has 2 N–H and O–H groups in total. The highest BCUT2D eigenvalue weighted by atomic mass is 19.4. The van der Waals surface area contributed by atoms with Gasteiger partial charge in [0.1, 0.15) is 5.75 Å². The zero-order chi connectivity index (χ0) is 15.7. The maximum Gasteiger partial charge on any atom is 0.401 e. The van der Waals surface area contributed by atoms with Gasteiger partial charge in [-0.25, -0.2) is 0 Å². The van der Waals surface area contributed by atoms with Crippen LogP contribution in [0.2, 0.25) is 0 Å². The van der Waals surface area contributed by atoms with Crippen LogP contribution in [0.4, 0.5) is 13.2 Å². The Morgan fingerprint density at radius 3 is 2.52 bits per heavy atom. The third kappa shape index (κ3) is 7.34. The summed E-state index contributed by atoms with van der Waals surface area (Å²) in [5.74, 6) is 0.706. The highest BCUT2D eigenvalue weighted by Gasteiger charge is 2.30. The van der Waals surface area contributed by atoms with Crippen LogP contribution < -0.4 is 10.5 Å². The molecule has 0 fully saturated rings. The van der Waals surface area contributed by atoms with Crippen LogP contribution in [0.3, 0.4) is 0 Å². The van der Waals surface area contributed by atoms with Gasteiger partial charge >= 0.3 is 6.18 Å². The van der Waals surface area contributed by atoms with Crippen molar-refractivity contribution in [2.75, 3.05) is 26.2 Å². The summed E-state index contributed by atoms with van der Waals surface area (Å²) in [7, 11) is 0. The van der Waals surface area contributed by atoms with Crippen molar-refractivity contribution in [3.05, 3.63) is 29.8 Å². The van der Waals surface area contributed by atoms with Crippen LogP contribution in [0.1, 0.15) is 25.3 Å². The Bertz CT molecular complexity index is 410. The summed E-state index contributed by atoms with van der Waals surface area (Å²) in [6, 6.07) is 7.42. The normalized spacial score (nSPS) is 11.9. The van der Waals surface area contributed by atoms with Crippen LogP contribution in [0.5, 0.6) is 5.75 Å². The summed E-state index contributed by atoms with van der Waals surface area (Å²) in [6.45, 7) is 2.59. The van der Waals surface area contributed by atoms with Gasteiger partial charge in [-0.3, -0.25) is 4.90 Å². The van der Waals surface area contributed by atoms with Crippen LogP contribution in [0.15, 0.2) is 24.3 Å². The van der Waals surface area contributed by atoms with Gasteiger partial charge in [0.15, 0.2) is 0 Å². The first-order valence-corrected chi connectivity index (χ1v) is 7.16. The fourth-order valence-electron chi connectivity index (χ4n) is 2.12. The van der Waals surface area contributed by atoms with E-state index in [1.54, 1.807) is 0 Å². The molecule has 21 heavy (non-hydrogen) atoms. The molecule has 120 valence electrons. The van der Waals surface area contributed by atoms with Gasteiger partial charge in [-0.05, 0) is 25.5 Å². The highest BCUT2D eigenvalue weighted by Crippen LogP contribution is 2.18. The number of nitrogens with two attached hydrogens (primary N) is 1. The first-order chi connectivity index (χ1) is 9.96. The Balaban J connectivity index is 2.37. The second kappa shape index (κ2) is 8.89. The van der Waals surface area contributed by atoms with Crippen molar-refractivity contribution in [2.45, 2.75) is 32.5 Å². The quantitative estimate of drug-likeness (QED) is 0.712. The van der Waals surface area contributed by atoms with Crippen molar-refractivity contribution in [2.24, 2.45) is 5.73 Å². The Hall–Kier alpha value is -1.27. The number of alkyl halides is 3. The summed E-state index contributed by atoms with van der Waals surface area (Å²) in [6.07, 6.45) is -2.90. The molecule has 0 saturated carbocycles. The van der Waals surface area contributed by atoms with Crippen molar-refractivity contribution in [1.82, 2.24) is 4.90 Å². The number of ether oxygens (including phenoxy) is 1. The zero-order valence-electron chi connectivity index (χ0n) is 12.3. The van der Waals surface area contributed by atoms with Gasteiger partial charge in [-0.2, -0.15) is 13.2 Å². The minimum Gasteiger partial charge on any atom is -0.493 e. The minimum absolute atomic E-state index is 0.373. The number of nitrogens with zero attached hydrogens (tertiary/aromatic N) is 1. The van der Waals surface area contributed by atoms with E-state index < -0.39 is 12.7 Å². The molecule has 1 rings (SSSR count). The standard InChI is InChI=1S/C15H23F3N2O/c1-2-8-20(12-15(16,17)18)9-5-10-21-14-7-4-3-6-13(14)11-19/h3-4,6-7H,2,5,8-12,19H2,1H3. The van der Waals surface area contributed by atoms with E-state index in [0.717, 1.165) is 5.56 Å². The van der Waals surface area contributed by atoms with Crippen LogP contribution >= 0.6 is 0 Å². The van der Waals surface area contributed by atoms with E-state index >= 15 is 0 Å². The van der Waals surface area contributed by atoms with E-state index in [1.165, 1.54) is 4.90 Å². The molecule has 0 aliphatic carbocycles. The summed E-state index contributed by atoms with van der Waals surface area (Å²) in [5.41, 5.74) is 6.50. The SMILES string of the molecule is CCCN(CCCOc1ccccc1CN)CC(F)(F)F. The number of halogens is 3. The van der Waals surface area contributed by atoms with Gasteiger partial charge in [-0.15, -0.1) is 0 Å². The third-order valence-corrected chi connectivity index (χ3v) is 3.01. The molecule has 0 aromatic heterocycles. The van der Waals surface area contributed by atoms with Crippen molar-refractivity contribution in [1.29, 1.82) is 0 Å². The lowest BCUT2D eigenvalue weighted by Crippen LogP contribution is -2.36. The number of hydrogen-bond acceptors (Lipinski definition) is 3. The van der Waals surface area contributed by atoms with Gasteiger partial charge in [0.05, 0.1) is 13.2 Å². The Morgan fingerprint density at radius 1 is 1.19 bits per heavy atom. The second-order valence-electron chi connectivity index (χ2n) is 4.91. The van der Waals surface area contributed by atoms with E-state index in [4.69, 9.17) is 10.5 Å². The summed E-state index contributed by atoms with van der Waals surface area (Å²) in [5, 5.41) is 0. The molecule has 0 heterocycles. The molecule has 0 unspecified atom stereocenters. The Morgan fingerprint density at radius 2 is 1.90 bits per heavy atom. The predicted molar refractivity (Wildman–Crippen MR) is 77.2 cm³/mol. The lowest BCUT2D eigenvalue weighted by atomic mass is 10.2. The molecule has 0 amide bonds. The number of hydrogen-bond donors (Lipinski definition) is 1. The fraction of sp³-hybridized carbons (Fsp3) is 0.600. The highest BCUT2D eigenvalue weighted by molar-refractivity contribution is 5.32. The van der Waals surface area contributed by atoms with Crippen LogP contribution in [0.25, 0.3) is 0 Å².